The zero-order valence-electron chi connectivity index (χ0n) is 8.78. The summed E-state index contributed by atoms with van der Waals surface area (Å²) in [5.41, 5.74) is 0. The summed E-state index contributed by atoms with van der Waals surface area (Å²) in [6.07, 6.45) is 4.69. The summed E-state index contributed by atoms with van der Waals surface area (Å²) in [6, 6.07) is 0.368. The van der Waals surface area contributed by atoms with Gasteiger partial charge in [-0.1, -0.05) is 12.2 Å². The summed E-state index contributed by atoms with van der Waals surface area (Å²) in [5, 5.41) is 12.3. The van der Waals surface area contributed by atoms with E-state index in [1.165, 1.54) is 0 Å². The Morgan fingerprint density at radius 2 is 2.29 bits per heavy atom. The number of aliphatic hydroxyl groups excluding tert-OH is 1. The quantitative estimate of drug-likeness (QED) is 0.524. The monoisotopic (exact) mass is 202 g/mol. The average Bonchev–Trinajstić information content (AvgIpc) is 2.51. The van der Waals surface area contributed by atoms with Gasteiger partial charge in [0.15, 0.2) is 0 Å². The lowest BCUT2D eigenvalue weighted by Crippen LogP contribution is -2.40. The summed E-state index contributed by atoms with van der Waals surface area (Å²) in [7, 11) is 0. The second kappa shape index (κ2) is 5.44. The Kier molecular flexibility index (Phi) is 4.51. The number of nitrogens with one attached hydrogen (secondary N) is 1. The second-order valence-corrected chi connectivity index (χ2v) is 3.65. The summed E-state index contributed by atoms with van der Waals surface area (Å²) in [5.74, 6) is 0. The van der Waals surface area contributed by atoms with Crippen LogP contribution in [0.25, 0.3) is 0 Å². The summed E-state index contributed by atoms with van der Waals surface area (Å²) >= 11 is 0. The van der Waals surface area contributed by atoms with Crippen LogP contribution in [0.15, 0.2) is 12.2 Å². The summed E-state index contributed by atoms with van der Waals surface area (Å²) in [6.45, 7) is 3.40. The second-order valence-electron chi connectivity index (χ2n) is 3.65. The zero-order chi connectivity index (χ0) is 10.6. The molecule has 3 atom stereocenters. The number of aliphatic hydroxyl groups is 1. The van der Waals surface area contributed by atoms with Crippen LogP contribution < -0.4 is 5.32 Å². The zero-order valence-corrected chi connectivity index (χ0v) is 8.78. The maximum atomic E-state index is 12.6. The smallest absolute Gasteiger partial charge is 0.144 e. The molecule has 14 heavy (non-hydrogen) atoms. The van der Waals surface area contributed by atoms with Crippen LogP contribution in [0.2, 0.25) is 0 Å². The molecule has 0 aromatic heterocycles. The first-order valence-electron chi connectivity index (χ1n) is 5.04. The predicted molar refractivity (Wildman–Crippen MR) is 54.5 cm³/mol. The highest BCUT2D eigenvalue weighted by molar-refractivity contribution is 4.96. The molecule has 0 aliphatic carbocycles. The van der Waals surface area contributed by atoms with E-state index in [1.807, 2.05) is 19.9 Å². The Hall–Kier alpha value is -0.450. The first kappa shape index (κ1) is 11.6. The van der Waals surface area contributed by atoms with E-state index in [4.69, 9.17) is 5.11 Å². The van der Waals surface area contributed by atoms with E-state index in [2.05, 4.69) is 11.4 Å². The van der Waals surface area contributed by atoms with E-state index >= 15 is 0 Å². The Bertz CT molecular complexity index is 199. The van der Waals surface area contributed by atoms with Crippen LogP contribution in [0.1, 0.15) is 20.3 Å². The van der Waals surface area contributed by atoms with Gasteiger partial charge in [0.1, 0.15) is 6.80 Å². The lowest BCUT2D eigenvalue weighted by atomic mass is 10.1. The molecule has 0 spiro atoms. The Labute approximate surface area is 84.6 Å². The molecule has 1 saturated heterocycles. The van der Waals surface area contributed by atoms with Gasteiger partial charge in [0.2, 0.25) is 0 Å². The standard InChI is InChI=1S/C10H19FN2O/c1-3-4-5-9-8(2)13(7-11)10(6-14)12-9/h3-4,8-10,12,14H,5-7H2,1-2H3/b4-3-. The summed E-state index contributed by atoms with van der Waals surface area (Å²) < 4.78 is 12.6. The molecule has 3 nitrogen and oxygen atoms in total. The van der Waals surface area contributed by atoms with Crippen molar-refractivity contribution < 1.29 is 9.50 Å². The van der Waals surface area contributed by atoms with Crippen LogP contribution in [0.4, 0.5) is 4.39 Å². The number of alkyl halides is 1. The van der Waals surface area contributed by atoms with Gasteiger partial charge in [0.05, 0.1) is 12.8 Å². The fourth-order valence-corrected chi connectivity index (χ4v) is 1.89. The largest absolute Gasteiger partial charge is 0.393 e. The molecule has 0 aromatic rings. The fourth-order valence-electron chi connectivity index (χ4n) is 1.89. The van der Waals surface area contributed by atoms with E-state index in [-0.39, 0.29) is 24.9 Å². The third-order valence-corrected chi connectivity index (χ3v) is 2.85. The molecule has 82 valence electrons. The van der Waals surface area contributed by atoms with E-state index in [0.717, 1.165) is 6.42 Å². The van der Waals surface area contributed by atoms with Crippen molar-refractivity contribution in [3.8, 4) is 0 Å². The van der Waals surface area contributed by atoms with E-state index in [0.29, 0.717) is 0 Å². The predicted octanol–water partition coefficient (Wildman–Crippen LogP) is 0.860. The number of allylic oxidation sites excluding steroid dienone is 1. The van der Waals surface area contributed by atoms with Crippen LogP contribution in [0.5, 0.6) is 0 Å². The molecule has 0 saturated carbocycles. The van der Waals surface area contributed by atoms with Crippen molar-refractivity contribution in [3.63, 3.8) is 0 Å². The van der Waals surface area contributed by atoms with E-state index < -0.39 is 6.80 Å². The van der Waals surface area contributed by atoms with Gasteiger partial charge in [-0.3, -0.25) is 10.2 Å². The first-order chi connectivity index (χ1) is 6.74. The average molecular weight is 202 g/mol. The SMILES string of the molecule is C/C=C\CC1NC(CO)N(CF)C1C. The highest BCUT2D eigenvalue weighted by atomic mass is 19.1. The molecule has 1 rings (SSSR count). The number of halogens is 1. The van der Waals surface area contributed by atoms with Crippen molar-refractivity contribution in [3.05, 3.63) is 12.2 Å². The molecule has 1 fully saturated rings. The normalized spacial score (nSPS) is 34.4. The van der Waals surface area contributed by atoms with Gasteiger partial charge in [0.25, 0.3) is 0 Å². The van der Waals surface area contributed by atoms with Crippen LogP contribution in [0.3, 0.4) is 0 Å². The molecule has 1 heterocycles. The minimum Gasteiger partial charge on any atom is -0.393 e. The molecule has 2 N–H and O–H groups in total. The van der Waals surface area contributed by atoms with Crippen LogP contribution in [-0.4, -0.2) is 41.7 Å². The first-order valence-corrected chi connectivity index (χ1v) is 5.04. The highest BCUT2D eigenvalue weighted by Gasteiger charge is 2.36. The molecular formula is C10H19FN2O. The molecule has 3 unspecified atom stereocenters. The van der Waals surface area contributed by atoms with Crippen molar-refractivity contribution >= 4 is 0 Å². The number of hydrogen-bond acceptors (Lipinski definition) is 3. The van der Waals surface area contributed by atoms with Crippen molar-refractivity contribution in [1.29, 1.82) is 0 Å². The lowest BCUT2D eigenvalue weighted by molar-refractivity contribution is 0.0837. The molecule has 0 aromatic carbocycles. The van der Waals surface area contributed by atoms with Crippen LogP contribution in [-0.2, 0) is 0 Å². The van der Waals surface area contributed by atoms with Crippen molar-refractivity contribution in [2.75, 3.05) is 13.4 Å². The summed E-state index contributed by atoms with van der Waals surface area (Å²) in [4.78, 5) is 1.65. The Balaban J connectivity index is 2.56. The van der Waals surface area contributed by atoms with Gasteiger partial charge in [-0.05, 0) is 20.3 Å². The minimum atomic E-state index is -0.508. The van der Waals surface area contributed by atoms with Gasteiger partial charge in [-0.25, -0.2) is 4.39 Å². The topological polar surface area (TPSA) is 35.5 Å². The van der Waals surface area contributed by atoms with E-state index in [1.54, 1.807) is 4.90 Å². The number of nitrogens with zero attached hydrogens (tertiary/aromatic N) is 1. The highest BCUT2D eigenvalue weighted by Crippen LogP contribution is 2.19. The van der Waals surface area contributed by atoms with Gasteiger partial charge in [-0.15, -0.1) is 0 Å². The van der Waals surface area contributed by atoms with Crippen molar-refractivity contribution in [2.45, 2.75) is 38.5 Å². The Morgan fingerprint density at radius 1 is 1.57 bits per heavy atom. The van der Waals surface area contributed by atoms with Crippen molar-refractivity contribution in [2.24, 2.45) is 0 Å². The third kappa shape index (κ3) is 2.32. The maximum Gasteiger partial charge on any atom is 0.144 e. The van der Waals surface area contributed by atoms with E-state index in [9.17, 15) is 4.39 Å². The Morgan fingerprint density at radius 3 is 2.71 bits per heavy atom. The molecule has 1 aliphatic heterocycles. The van der Waals surface area contributed by atoms with Gasteiger partial charge in [0, 0.05) is 12.1 Å². The molecule has 0 radical (unpaired) electrons. The lowest BCUT2D eigenvalue weighted by Gasteiger charge is -2.22. The molecule has 4 heteroatoms. The molecule has 0 amide bonds. The van der Waals surface area contributed by atoms with Crippen LogP contribution in [0, 0.1) is 0 Å². The minimum absolute atomic E-state index is 0.0411. The van der Waals surface area contributed by atoms with Crippen molar-refractivity contribution in [1.82, 2.24) is 10.2 Å². The van der Waals surface area contributed by atoms with Crippen LogP contribution >= 0.6 is 0 Å². The number of rotatable bonds is 4. The maximum absolute atomic E-state index is 12.6. The molecular weight excluding hydrogens is 183 g/mol. The number of hydrogen-bond donors (Lipinski definition) is 2. The fraction of sp³-hybridized carbons (Fsp3) is 0.800. The molecule has 0 bridgehead atoms. The third-order valence-electron chi connectivity index (χ3n) is 2.85. The molecule has 1 aliphatic rings. The van der Waals surface area contributed by atoms with Gasteiger partial charge >= 0.3 is 0 Å². The van der Waals surface area contributed by atoms with Gasteiger partial charge in [-0.2, -0.15) is 0 Å². The van der Waals surface area contributed by atoms with Gasteiger partial charge < -0.3 is 5.11 Å².